The number of nitrogens with zero attached hydrogens (tertiary/aromatic N) is 1. The minimum atomic E-state index is -0.299. The lowest BCUT2D eigenvalue weighted by molar-refractivity contribution is -0.124. The summed E-state index contributed by atoms with van der Waals surface area (Å²) in [5.74, 6) is 0.761. The summed E-state index contributed by atoms with van der Waals surface area (Å²) in [5.41, 5.74) is 6.30. The van der Waals surface area contributed by atoms with Crippen LogP contribution in [0.3, 0.4) is 0 Å². The van der Waals surface area contributed by atoms with Gasteiger partial charge in [0.25, 0.3) is 0 Å². The van der Waals surface area contributed by atoms with E-state index < -0.39 is 0 Å². The first kappa shape index (κ1) is 13.0. The Balaban J connectivity index is 2.10. The topological polar surface area (TPSA) is 68.0 Å². The van der Waals surface area contributed by atoms with Crippen LogP contribution < -0.4 is 11.1 Å². The van der Waals surface area contributed by atoms with E-state index in [9.17, 15) is 4.79 Å². The van der Waals surface area contributed by atoms with E-state index in [2.05, 4.69) is 17.2 Å². The minimum absolute atomic E-state index is 0.285. The molecule has 1 aromatic rings. The fraction of sp³-hybridized carbons (Fsp3) is 0.571. The SMILES string of the molecule is CCCC1(C(=O)Cc2ccnc(N)c2)CCCN1. The van der Waals surface area contributed by atoms with Gasteiger partial charge in [-0.1, -0.05) is 13.3 Å². The molecule has 3 N–H and O–H groups in total. The number of aromatic nitrogens is 1. The Labute approximate surface area is 108 Å². The Kier molecular flexibility index (Phi) is 3.97. The van der Waals surface area contributed by atoms with E-state index in [0.717, 1.165) is 37.8 Å². The van der Waals surface area contributed by atoms with Crippen molar-refractivity contribution in [3.63, 3.8) is 0 Å². The van der Waals surface area contributed by atoms with Gasteiger partial charge in [-0.3, -0.25) is 4.79 Å². The van der Waals surface area contributed by atoms with Gasteiger partial charge in [0.15, 0.2) is 5.78 Å². The van der Waals surface area contributed by atoms with Crippen molar-refractivity contribution in [1.82, 2.24) is 10.3 Å². The molecule has 1 saturated heterocycles. The molecule has 1 unspecified atom stereocenters. The summed E-state index contributed by atoms with van der Waals surface area (Å²) in [5, 5.41) is 3.41. The van der Waals surface area contributed by atoms with Gasteiger partial charge in [-0.25, -0.2) is 4.98 Å². The summed E-state index contributed by atoms with van der Waals surface area (Å²) in [6.45, 7) is 3.07. The minimum Gasteiger partial charge on any atom is -0.384 e. The average Bonchev–Trinajstić information content (AvgIpc) is 2.79. The summed E-state index contributed by atoms with van der Waals surface area (Å²) in [7, 11) is 0. The summed E-state index contributed by atoms with van der Waals surface area (Å²) >= 11 is 0. The summed E-state index contributed by atoms with van der Waals surface area (Å²) < 4.78 is 0. The van der Waals surface area contributed by atoms with Crippen LogP contribution in [-0.2, 0) is 11.2 Å². The van der Waals surface area contributed by atoms with Crippen LogP contribution in [0.25, 0.3) is 0 Å². The van der Waals surface area contributed by atoms with Crippen LogP contribution in [0.15, 0.2) is 18.3 Å². The molecular weight excluding hydrogens is 226 g/mol. The number of pyridine rings is 1. The van der Waals surface area contributed by atoms with E-state index >= 15 is 0 Å². The van der Waals surface area contributed by atoms with Crippen LogP contribution in [0.5, 0.6) is 0 Å². The molecule has 1 fully saturated rings. The highest BCUT2D eigenvalue weighted by molar-refractivity contribution is 5.90. The maximum Gasteiger partial charge on any atom is 0.157 e. The zero-order chi connectivity index (χ0) is 13.0. The third-order valence-electron chi connectivity index (χ3n) is 3.66. The van der Waals surface area contributed by atoms with Crippen molar-refractivity contribution in [2.45, 2.75) is 44.6 Å². The van der Waals surface area contributed by atoms with E-state index in [1.165, 1.54) is 0 Å². The molecule has 1 aliphatic rings. The molecule has 18 heavy (non-hydrogen) atoms. The number of nitrogen functional groups attached to an aromatic ring is 1. The largest absolute Gasteiger partial charge is 0.384 e. The van der Waals surface area contributed by atoms with Crippen molar-refractivity contribution in [3.8, 4) is 0 Å². The number of ketones is 1. The van der Waals surface area contributed by atoms with Gasteiger partial charge in [0.2, 0.25) is 0 Å². The second-order valence-corrected chi connectivity index (χ2v) is 5.05. The molecule has 0 bridgehead atoms. The number of nitrogens with two attached hydrogens (primary N) is 1. The van der Waals surface area contributed by atoms with Gasteiger partial charge in [-0.15, -0.1) is 0 Å². The Bertz CT molecular complexity index is 425. The molecule has 1 atom stereocenters. The fourth-order valence-corrected chi connectivity index (χ4v) is 2.78. The first-order chi connectivity index (χ1) is 8.66. The highest BCUT2D eigenvalue weighted by atomic mass is 16.1. The van der Waals surface area contributed by atoms with Gasteiger partial charge in [-0.2, -0.15) is 0 Å². The normalized spacial score (nSPS) is 23.2. The predicted molar refractivity (Wildman–Crippen MR) is 72.2 cm³/mol. The van der Waals surface area contributed by atoms with Crippen LogP contribution in [0.1, 0.15) is 38.2 Å². The summed E-state index contributed by atoms with van der Waals surface area (Å²) in [6.07, 6.45) is 6.10. The number of nitrogens with one attached hydrogen (secondary N) is 1. The maximum atomic E-state index is 12.5. The van der Waals surface area contributed by atoms with Crippen molar-refractivity contribution < 1.29 is 4.79 Å². The predicted octanol–water partition coefficient (Wildman–Crippen LogP) is 1.70. The highest BCUT2D eigenvalue weighted by Crippen LogP contribution is 2.27. The molecule has 2 rings (SSSR count). The number of carbonyl (C=O) groups is 1. The standard InChI is InChI=1S/C14H21N3O/c1-2-5-14(6-3-7-17-14)12(18)9-11-4-8-16-13(15)10-11/h4,8,10,17H,2-3,5-7,9H2,1H3,(H2,15,16). The number of hydrogen-bond acceptors (Lipinski definition) is 4. The van der Waals surface area contributed by atoms with Crippen LogP contribution in [-0.4, -0.2) is 22.9 Å². The molecule has 0 amide bonds. The summed E-state index contributed by atoms with van der Waals surface area (Å²) in [6, 6.07) is 3.65. The smallest absolute Gasteiger partial charge is 0.157 e. The number of anilines is 1. The molecule has 0 aliphatic carbocycles. The lowest BCUT2D eigenvalue weighted by atomic mass is 9.84. The van der Waals surface area contributed by atoms with Crippen LogP contribution in [0.4, 0.5) is 5.82 Å². The average molecular weight is 247 g/mol. The van der Waals surface area contributed by atoms with Gasteiger partial charge >= 0.3 is 0 Å². The first-order valence-corrected chi connectivity index (χ1v) is 6.65. The molecule has 98 valence electrons. The highest BCUT2D eigenvalue weighted by Gasteiger charge is 2.39. The lowest BCUT2D eigenvalue weighted by Crippen LogP contribution is -2.48. The Hall–Kier alpha value is -1.42. The van der Waals surface area contributed by atoms with Crippen LogP contribution >= 0.6 is 0 Å². The number of hydrogen-bond donors (Lipinski definition) is 2. The molecule has 0 aromatic carbocycles. The fourth-order valence-electron chi connectivity index (χ4n) is 2.78. The van der Waals surface area contributed by atoms with E-state index in [-0.39, 0.29) is 11.3 Å². The first-order valence-electron chi connectivity index (χ1n) is 6.65. The molecule has 0 spiro atoms. The molecule has 0 radical (unpaired) electrons. The molecule has 1 aliphatic heterocycles. The van der Waals surface area contributed by atoms with E-state index in [1.807, 2.05) is 6.07 Å². The second-order valence-electron chi connectivity index (χ2n) is 5.05. The van der Waals surface area contributed by atoms with Crippen molar-refractivity contribution >= 4 is 11.6 Å². The molecule has 1 aromatic heterocycles. The van der Waals surface area contributed by atoms with Crippen molar-refractivity contribution in [2.24, 2.45) is 0 Å². The van der Waals surface area contributed by atoms with Gasteiger partial charge in [0.05, 0.1) is 5.54 Å². The molecule has 4 nitrogen and oxygen atoms in total. The van der Waals surface area contributed by atoms with Gasteiger partial charge in [-0.05, 0) is 43.5 Å². The van der Waals surface area contributed by atoms with E-state index in [4.69, 9.17) is 5.73 Å². The Morgan fingerprint density at radius 1 is 1.61 bits per heavy atom. The van der Waals surface area contributed by atoms with E-state index in [1.54, 1.807) is 12.3 Å². The van der Waals surface area contributed by atoms with Gasteiger partial charge in [0, 0.05) is 12.6 Å². The van der Waals surface area contributed by atoms with Crippen molar-refractivity contribution in [3.05, 3.63) is 23.9 Å². The lowest BCUT2D eigenvalue weighted by Gasteiger charge is -2.27. The number of Topliss-reactive ketones (excluding diaryl/α,β-unsaturated/α-hetero) is 1. The molecule has 2 heterocycles. The third-order valence-corrected chi connectivity index (χ3v) is 3.66. The quantitative estimate of drug-likeness (QED) is 0.831. The number of rotatable bonds is 5. The maximum absolute atomic E-state index is 12.5. The van der Waals surface area contributed by atoms with Crippen LogP contribution in [0.2, 0.25) is 0 Å². The Morgan fingerprint density at radius 2 is 2.44 bits per heavy atom. The second kappa shape index (κ2) is 5.48. The molecule has 4 heteroatoms. The Morgan fingerprint density at radius 3 is 3.06 bits per heavy atom. The molecule has 0 saturated carbocycles. The number of carbonyl (C=O) groups excluding carboxylic acids is 1. The van der Waals surface area contributed by atoms with Crippen molar-refractivity contribution in [2.75, 3.05) is 12.3 Å². The van der Waals surface area contributed by atoms with Gasteiger partial charge < -0.3 is 11.1 Å². The van der Waals surface area contributed by atoms with Gasteiger partial charge in [0.1, 0.15) is 5.82 Å². The zero-order valence-corrected chi connectivity index (χ0v) is 10.9. The van der Waals surface area contributed by atoms with E-state index in [0.29, 0.717) is 12.2 Å². The molecular formula is C14H21N3O. The summed E-state index contributed by atoms with van der Waals surface area (Å²) in [4.78, 5) is 16.5. The van der Waals surface area contributed by atoms with Crippen LogP contribution in [0, 0.1) is 0 Å². The zero-order valence-electron chi connectivity index (χ0n) is 10.9. The third kappa shape index (κ3) is 2.70. The monoisotopic (exact) mass is 247 g/mol. The van der Waals surface area contributed by atoms with Crippen molar-refractivity contribution in [1.29, 1.82) is 0 Å².